The van der Waals surface area contributed by atoms with E-state index in [-0.39, 0.29) is 6.71 Å². The van der Waals surface area contributed by atoms with Crippen LogP contribution in [0.4, 0.5) is 39.8 Å². The van der Waals surface area contributed by atoms with Gasteiger partial charge in [0, 0.05) is 39.7 Å². The minimum atomic E-state index is 0.0349. The van der Waals surface area contributed by atoms with E-state index in [1.54, 1.807) is 12.1 Å². The topological polar surface area (TPSA) is 34.6 Å². The lowest BCUT2D eigenvalue weighted by Crippen LogP contribution is -2.61. The molecule has 4 nitrogen and oxygen atoms in total. The van der Waals surface area contributed by atoms with Crippen molar-refractivity contribution in [2.75, 3.05) is 9.80 Å². The first-order valence-electron chi connectivity index (χ1n) is 14.2. The zero-order valence-electron chi connectivity index (χ0n) is 23.1. The van der Waals surface area contributed by atoms with Crippen molar-refractivity contribution >= 4 is 62.9 Å². The molecule has 0 amide bonds. The second-order valence-electron chi connectivity index (χ2n) is 10.8. The van der Waals surface area contributed by atoms with Gasteiger partial charge in [0.25, 0.3) is 6.71 Å². The van der Waals surface area contributed by atoms with E-state index in [0.717, 1.165) is 45.3 Å². The lowest BCUT2D eigenvalue weighted by molar-refractivity contribution is 1.25. The van der Waals surface area contributed by atoms with E-state index in [1.807, 2.05) is 18.2 Å². The molecule has 6 aromatic carbocycles. The average molecular weight is 546 g/mol. The molecule has 2 aliphatic rings. The van der Waals surface area contributed by atoms with Gasteiger partial charge in [-0.1, -0.05) is 78.9 Å². The Morgan fingerprint density at radius 1 is 0.581 bits per heavy atom. The van der Waals surface area contributed by atoms with Gasteiger partial charge < -0.3 is 9.80 Å². The summed E-state index contributed by atoms with van der Waals surface area (Å²) in [6.07, 6.45) is 0. The Kier molecular flexibility index (Phi) is 5.64. The first-order chi connectivity index (χ1) is 21.3. The molecule has 0 aromatic heterocycles. The molecule has 43 heavy (non-hydrogen) atoms. The third-order valence-corrected chi connectivity index (χ3v) is 8.47. The quantitative estimate of drug-likeness (QED) is 0.167. The summed E-state index contributed by atoms with van der Waals surface area (Å²) >= 11 is 0. The van der Waals surface area contributed by atoms with Crippen LogP contribution in [-0.4, -0.2) is 6.71 Å². The number of nitrogens with zero attached hydrogens (tertiary/aromatic N) is 4. The third kappa shape index (κ3) is 3.77. The van der Waals surface area contributed by atoms with Crippen LogP contribution in [0, 0.1) is 17.9 Å². The lowest BCUT2D eigenvalue weighted by Gasteiger charge is -2.44. The first-order valence-corrected chi connectivity index (χ1v) is 14.2. The van der Waals surface area contributed by atoms with Crippen molar-refractivity contribution in [1.82, 2.24) is 0 Å². The van der Waals surface area contributed by atoms with Gasteiger partial charge in [0.2, 0.25) is 0 Å². The van der Waals surface area contributed by atoms with E-state index in [0.29, 0.717) is 11.3 Å². The van der Waals surface area contributed by atoms with Crippen LogP contribution in [-0.2, 0) is 0 Å². The maximum atomic E-state index is 9.54. The van der Waals surface area contributed by atoms with Gasteiger partial charge in [-0.15, -0.1) is 0 Å². The third-order valence-electron chi connectivity index (χ3n) is 8.47. The van der Waals surface area contributed by atoms with Gasteiger partial charge in [0.05, 0.1) is 12.6 Å². The van der Waals surface area contributed by atoms with Crippen molar-refractivity contribution in [3.05, 3.63) is 157 Å². The minimum Gasteiger partial charge on any atom is -0.311 e. The number of nitriles is 1. The van der Waals surface area contributed by atoms with Gasteiger partial charge in [-0.05, 0) is 88.2 Å². The van der Waals surface area contributed by atoms with Gasteiger partial charge >= 0.3 is 0 Å². The average Bonchev–Trinajstić information content (AvgIpc) is 3.08. The highest BCUT2D eigenvalue weighted by atomic mass is 15.2. The molecule has 0 aliphatic carbocycles. The molecule has 198 valence electrons. The van der Waals surface area contributed by atoms with Crippen molar-refractivity contribution in [2.24, 2.45) is 0 Å². The highest BCUT2D eigenvalue weighted by Crippen LogP contribution is 2.46. The number of para-hydroxylation sites is 4. The van der Waals surface area contributed by atoms with Crippen LogP contribution in [0.15, 0.2) is 140 Å². The Labute approximate surface area is 251 Å². The van der Waals surface area contributed by atoms with Crippen molar-refractivity contribution < 1.29 is 0 Å². The van der Waals surface area contributed by atoms with Crippen LogP contribution in [0.2, 0.25) is 0 Å². The molecule has 8 rings (SSSR count). The number of hydrogen-bond donors (Lipinski definition) is 0. The number of hydrogen-bond acceptors (Lipinski definition) is 3. The zero-order valence-corrected chi connectivity index (χ0v) is 23.1. The summed E-state index contributed by atoms with van der Waals surface area (Å²) in [6, 6.07) is 50.4. The molecule has 6 aromatic rings. The Bertz CT molecular complexity index is 2010. The van der Waals surface area contributed by atoms with Crippen LogP contribution in [0.5, 0.6) is 0 Å². The Balaban J connectivity index is 1.51. The van der Waals surface area contributed by atoms with Gasteiger partial charge in [-0.25, -0.2) is 4.85 Å². The van der Waals surface area contributed by atoms with E-state index >= 15 is 0 Å². The smallest absolute Gasteiger partial charge is 0.252 e. The summed E-state index contributed by atoms with van der Waals surface area (Å²) in [4.78, 5) is 8.56. The van der Waals surface area contributed by atoms with Crippen molar-refractivity contribution in [2.45, 2.75) is 0 Å². The van der Waals surface area contributed by atoms with Gasteiger partial charge in [-0.3, -0.25) is 0 Å². The fraction of sp³-hybridized carbons (Fsp3) is 0. The summed E-state index contributed by atoms with van der Waals surface area (Å²) in [5.74, 6) is 0. The maximum Gasteiger partial charge on any atom is 0.252 e. The number of fused-ring (bicyclic) bond motifs is 4. The molecule has 0 unspecified atom stereocenters. The molecule has 0 radical (unpaired) electrons. The molecule has 0 N–H and O–H groups in total. The summed E-state index contributed by atoms with van der Waals surface area (Å²) in [7, 11) is 0. The first kappa shape index (κ1) is 24.7. The maximum absolute atomic E-state index is 9.54. The summed E-state index contributed by atoms with van der Waals surface area (Å²) in [6.45, 7) is 8.01. The highest BCUT2D eigenvalue weighted by Gasteiger charge is 2.43. The van der Waals surface area contributed by atoms with E-state index in [4.69, 9.17) is 6.57 Å². The SMILES string of the molecule is [C-]#[N+]c1cc(C#N)ccc1-c1cc2c3c(c1)N(c1ccccc1)c1ccccc1B3c1ccccc1N2c1ccccc1. The molecular weight excluding hydrogens is 523 g/mol. The number of rotatable bonds is 3. The van der Waals surface area contributed by atoms with Crippen molar-refractivity contribution in [3.63, 3.8) is 0 Å². The van der Waals surface area contributed by atoms with Gasteiger partial charge in [0.1, 0.15) is 0 Å². The molecule has 5 heteroatoms. The predicted molar refractivity (Wildman–Crippen MR) is 177 cm³/mol. The molecule has 2 aliphatic heterocycles. The summed E-state index contributed by atoms with van der Waals surface area (Å²) < 4.78 is 0. The highest BCUT2D eigenvalue weighted by molar-refractivity contribution is 7.00. The molecular formula is C38H23BN4. The van der Waals surface area contributed by atoms with Crippen LogP contribution in [0.3, 0.4) is 0 Å². The van der Waals surface area contributed by atoms with Crippen LogP contribution in [0.25, 0.3) is 16.0 Å². The zero-order chi connectivity index (χ0) is 28.9. The Morgan fingerprint density at radius 2 is 1.09 bits per heavy atom. The molecule has 2 heterocycles. The Morgan fingerprint density at radius 3 is 1.60 bits per heavy atom. The van der Waals surface area contributed by atoms with Crippen molar-refractivity contribution in [3.8, 4) is 17.2 Å². The second kappa shape index (κ2) is 9.81. The van der Waals surface area contributed by atoms with Gasteiger partial charge in [-0.2, -0.15) is 5.26 Å². The van der Waals surface area contributed by atoms with Crippen LogP contribution >= 0.6 is 0 Å². The second-order valence-corrected chi connectivity index (χ2v) is 10.8. The molecule has 0 saturated carbocycles. The lowest BCUT2D eigenvalue weighted by atomic mass is 9.33. The van der Waals surface area contributed by atoms with Crippen molar-refractivity contribution in [1.29, 1.82) is 5.26 Å². The van der Waals surface area contributed by atoms with E-state index < -0.39 is 0 Å². The number of benzene rings is 6. The summed E-state index contributed by atoms with van der Waals surface area (Å²) in [5, 5.41) is 9.54. The normalized spacial score (nSPS) is 12.5. The van der Waals surface area contributed by atoms with E-state index in [1.165, 1.54) is 16.4 Å². The van der Waals surface area contributed by atoms with E-state index in [9.17, 15) is 5.26 Å². The molecule has 0 fully saturated rings. The molecule has 0 saturated heterocycles. The van der Waals surface area contributed by atoms with Crippen LogP contribution < -0.4 is 26.2 Å². The van der Waals surface area contributed by atoms with Crippen LogP contribution in [0.1, 0.15) is 5.56 Å². The fourth-order valence-electron chi connectivity index (χ4n) is 6.70. The predicted octanol–water partition coefficient (Wildman–Crippen LogP) is 7.86. The summed E-state index contributed by atoms with van der Waals surface area (Å²) in [5.41, 5.74) is 13.0. The molecule has 0 spiro atoms. The molecule has 0 atom stereocenters. The molecule has 0 bridgehead atoms. The number of anilines is 6. The largest absolute Gasteiger partial charge is 0.311 e. The standard InChI is InChI=1S/C38H23BN4/c1-41-33-22-26(25-40)20-21-30(33)27-23-36-38-37(24-27)43(29-14-6-3-7-15-29)35-19-11-9-17-32(35)39(38)31-16-8-10-18-34(31)42(36)28-12-4-2-5-13-28/h2-24H. The van der Waals surface area contributed by atoms with E-state index in [2.05, 4.69) is 130 Å². The minimum absolute atomic E-state index is 0.0349. The monoisotopic (exact) mass is 546 g/mol. The Hall–Kier alpha value is -6.04. The fourth-order valence-corrected chi connectivity index (χ4v) is 6.70. The van der Waals surface area contributed by atoms with Gasteiger partial charge in [0.15, 0.2) is 5.69 Å².